The number of fused-ring (bicyclic) bond motifs is 1. The average molecular weight is 380 g/mol. The van der Waals surface area contributed by atoms with Gasteiger partial charge in [0.25, 0.3) is 0 Å². The minimum atomic E-state index is -0.476. The SMILES string of the molecule is Cc1cc(OC(=O)c2cccs2)cc2c1C(=O)/C(=C/c1ccccc1F)O2. The van der Waals surface area contributed by atoms with Gasteiger partial charge in [-0.1, -0.05) is 24.3 Å². The Morgan fingerprint density at radius 2 is 2.00 bits per heavy atom. The number of hydrogen-bond acceptors (Lipinski definition) is 5. The van der Waals surface area contributed by atoms with Crippen LogP contribution in [0.25, 0.3) is 6.08 Å². The van der Waals surface area contributed by atoms with Crippen LogP contribution in [-0.2, 0) is 0 Å². The maximum atomic E-state index is 13.9. The average Bonchev–Trinajstić information content (AvgIpc) is 3.26. The lowest BCUT2D eigenvalue weighted by Gasteiger charge is -2.06. The fraction of sp³-hybridized carbons (Fsp3) is 0.0476. The summed E-state index contributed by atoms with van der Waals surface area (Å²) in [6, 6.07) is 12.7. The standard InChI is InChI=1S/C21H13FO4S/c1-12-9-14(25-21(24)18-7-4-8-27-18)11-16-19(12)20(23)17(26-16)10-13-5-2-3-6-15(13)22/h2-11H,1H3/b17-10-. The Balaban J connectivity index is 1.64. The largest absolute Gasteiger partial charge is 0.452 e. The number of ketones is 1. The van der Waals surface area contributed by atoms with E-state index >= 15 is 0 Å². The zero-order chi connectivity index (χ0) is 19.0. The molecule has 134 valence electrons. The summed E-state index contributed by atoms with van der Waals surface area (Å²) < 4.78 is 24.9. The molecule has 0 N–H and O–H groups in total. The minimum Gasteiger partial charge on any atom is -0.452 e. The van der Waals surface area contributed by atoms with E-state index in [4.69, 9.17) is 9.47 Å². The molecule has 0 radical (unpaired) electrons. The monoisotopic (exact) mass is 380 g/mol. The zero-order valence-corrected chi connectivity index (χ0v) is 15.0. The number of benzene rings is 2. The fourth-order valence-corrected chi connectivity index (χ4v) is 3.42. The van der Waals surface area contributed by atoms with E-state index in [0.29, 0.717) is 16.0 Å². The minimum absolute atomic E-state index is 0.0277. The van der Waals surface area contributed by atoms with Gasteiger partial charge in [0.1, 0.15) is 22.2 Å². The lowest BCUT2D eigenvalue weighted by Crippen LogP contribution is -2.06. The van der Waals surface area contributed by atoms with Gasteiger partial charge in [0.15, 0.2) is 5.76 Å². The number of ether oxygens (including phenoxy) is 2. The van der Waals surface area contributed by atoms with E-state index in [1.54, 1.807) is 48.7 Å². The Labute approximate surface area is 158 Å². The number of carbonyl (C=O) groups excluding carboxylic acids is 2. The number of Topliss-reactive ketones (excluding diaryl/α,β-unsaturated/α-hetero) is 1. The van der Waals surface area contributed by atoms with Crippen LogP contribution in [0, 0.1) is 12.7 Å². The molecule has 3 aromatic rings. The van der Waals surface area contributed by atoms with Crippen molar-refractivity contribution in [3.8, 4) is 11.5 Å². The third-order valence-corrected chi connectivity index (χ3v) is 4.92. The van der Waals surface area contributed by atoms with Crippen molar-refractivity contribution in [2.75, 3.05) is 0 Å². The molecule has 0 spiro atoms. The van der Waals surface area contributed by atoms with Gasteiger partial charge in [-0.25, -0.2) is 9.18 Å². The summed E-state index contributed by atoms with van der Waals surface area (Å²) in [6.45, 7) is 1.73. The molecule has 0 amide bonds. The molecule has 1 aliphatic heterocycles. The lowest BCUT2D eigenvalue weighted by atomic mass is 10.0. The molecule has 0 fully saturated rings. The Kier molecular flexibility index (Phi) is 4.33. The summed E-state index contributed by atoms with van der Waals surface area (Å²) in [6.07, 6.45) is 1.37. The van der Waals surface area contributed by atoms with E-state index in [2.05, 4.69) is 0 Å². The van der Waals surface area contributed by atoms with Crippen LogP contribution in [0.5, 0.6) is 11.5 Å². The van der Waals surface area contributed by atoms with Crippen molar-refractivity contribution in [1.82, 2.24) is 0 Å². The third-order valence-electron chi connectivity index (χ3n) is 4.07. The summed E-state index contributed by atoms with van der Waals surface area (Å²) in [7, 11) is 0. The molecular weight excluding hydrogens is 367 g/mol. The molecule has 4 nitrogen and oxygen atoms in total. The van der Waals surface area contributed by atoms with Crippen LogP contribution >= 0.6 is 11.3 Å². The second-order valence-corrected chi connectivity index (χ2v) is 6.89. The smallest absolute Gasteiger partial charge is 0.353 e. The van der Waals surface area contributed by atoms with Crippen LogP contribution in [0.4, 0.5) is 4.39 Å². The quantitative estimate of drug-likeness (QED) is 0.363. The highest BCUT2D eigenvalue weighted by Crippen LogP contribution is 2.38. The topological polar surface area (TPSA) is 52.6 Å². The molecule has 4 rings (SSSR count). The fourth-order valence-electron chi connectivity index (χ4n) is 2.82. The maximum Gasteiger partial charge on any atom is 0.353 e. The van der Waals surface area contributed by atoms with Crippen molar-refractivity contribution < 1.29 is 23.5 Å². The van der Waals surface area contributed by atoms with Gasteiger partial charge in [-0.15, -0.1) is 11.3 Å². The highest BCUT2D eigenvalue weighted by atomic mass is 32.1. The molecule has 0 atom stereocenters. The summed E-state index contributed by atoms with van der Waals surface area (Å²) in [5.74, 6) is -0.654. The normalized spacial score (nSPS) is 14.1. The van der Waals surface area contributed by atoms with Crippen molar-refractivity contribution in [2.24, 2.45) is 0 Å². The molecule has 27 heavy (non-hydrogen) atoms. The molecule has 6 heteroatoms. The van der Waals surface area contributed by atoms with Crippen molar-refractivity contribution >= 4 is 29.2 Å². The molecule has 2 aromatic carbocycles. The van der Waals surface area contributed by atoms with Gasteiger partial charge in [0.05, 0.1) is 5.56 Å². The van der Waals surface area contributed by atoms with Crippen LogP contribution in [-0.4, -0.2) is 11.8 Å². The van der Waals surface area contributed by atoms with E-state index in [0.717, 1.165) is 0 Å². The van der Waals surface area contributed by atoms with Crippen LogP contribution in [0.3, 0.4) is 0 Å². The number of halogens is 1. The Morgan fingerprint density at radius 1 is 1.19 bits per heavy atom. The van der Waals surface area contributed by atoms with Crippen LogP contribution in [0.1, 0.15) is 31.2 Å². The van der Waals surface area contributed by atoms with Crippen molar-refractivity contribution in [3.05, 3.63) is 87.1 Å². The first-order chi connectivity index (χ1) is 13.0. The molecular formula is C21H13FO4S. The van der Waals surface area contributed by atoms with Gasteiger partial charge in [-0.05, 0) is 42.1 Å². The number of carbonyl (C=O) groups is 2. The van der Waals surface area contributed by atoms with E-state index in [9.17, 15) is 14.0 Å². The Bertz CT molecular complexity index is 1080. The maximum absolute atomic E-state index is 13.9. The van der Waals surface area contributed by atoms with Crippen molar-refractivity contribution in [3.63, 3.8) is 0 Å². The molecule has 0 aliphatic carbocycles. The number of hydrogen-bond donors (Lipinski definition) is 0. The Hall–Kier alpha value is -3.25. The van der Waals surface area contributed by atoms with Crippen LogP contribution < -0.4 is 9.47 Å². The molecule has 0 saturated carbocycles. The number of thiophene rings is 1. The summed E-state index contributed by atoms with van der Waals surface area (Å²) in [5, 5.41) is 1.78. The zero-order valence-electron chi connectivity index (χ0n) is 14.2. The predicted octanol–water partition coefficient (Wildman–Crippen LogP) is 5.03. The first-order valence-corrected chi connectivity index (χ1v) is 9.00. The third kappa shape index (κ3) is 3.27. The van der Waals surface area contributed by atoms with Gasteiger partial charge < -0.3 is 9.47 Å². The van der Waals surface area contributed by atoms with Crippen molar-refractivity contribution in [1.29, 1.82) is 0 Å². The van der Waals surface area contributed by atoms with Gasteiger partial charge in [0.2, 0.25) is 5.78 Å². The van der Waals surface area contributed by atoms with Crippen molar-refractivity contribution in [2.45, 2.75) is 6.92 Å². The van der Waals surface area contributed by atoms with Gasteiger partial charge >= 0.3 is 5.97 Å². The molecule has 2 heterocycles. The van der Waals surface area contributed by atoms with Gasteiger partial charge in [-0.3, -0.25) is 4.79 Å². The second-order valence-electron chi connectivity index (χ2n) is 5.94. The highest BCUT2D eigenvalue weighted by molar-refractivity contribution is 7.12. The second kappa shape index (κ2) is 6.81. The van der Waals surface area contributed by atoms with E-state index < -0.39 is 11.8 Å². The highest BCUT2D eigenvalue weighted by Gasteiger charge is 2.30. The van der Waals surface area contributed by atoms with Gasteiger partial charge in [-0.2, -0.15) is 0 Å². The van der Waals surface area contributed by atoms with Crippen LogP contribution in [0.15, 0.2) is 59.7 Å². The number of rotatable bonds is 3. The summed E-state index contributed by atoms with van der Waals surface area (Å²) in [4.78, 5) is 25.2. The first kappa shape index (κ1) is 17.2. The molecule has 0 bridgehead atoms. The molecule has 0 saturated heterocycles. The Morgan fingerprint density at radius 3 is 2.74 bits per heavy atom. The van der Waals surface area contributed by atoms with E-state index in [1.807, 2.05) is 0 Å². The summed E-state index contributed by atoms with van der Waals surface area (Å²) >= 11 is 1.28. The lowest BCUT2D eigenvalue weighted by molar-refractivity contribution is 0.0739. The number of esters is 1. The number of allylic oxidation sites excluding steroid dienone is 1. The first-order valence-electron chi connectivity index (χ1n) is 8.12. The predicted molar refractivity (Wildman–Crippen MR) is 99.8 cm³/mol. The van der Waals surface area contributed by atoms with Gasteiger partial charge in [0, 0.05) is 11.6 Å². The molecule has 1 aliphatic rings. The van der Waals surface area contributed by atoms with Crippen LogP contribution in [0.2, 0.25) is 0 Å². The molecule has 1 aromatic heterocycles. The van der Waals surface area contributed by atoms with E-state index in [1.165, 1.54) is 29.5 Å². The molecule has 0 unspecified atom stereocenters. The van der Waals surface area contributed by atoms with E-state index in [-0.39, 0.29) is 28.6 Å². The number of aryl methyl sites for hydroxylation is 1. The summed E-state index contributed by atoms with van der Waals surface area (Å²) in [5.41, 5.74) is 1.26.